The Morgan fingerprint density at radius 3 is 2.81 bits per heavy atom. The molecule has 1 fully saturated rings. The van der Waals surface area contributed by atoms with Crippen molar-refractivity contribution in [2.75, 3.05) is 13.2 Å². The Kier molecular flexibility index (Phi) is 3.66. The molecule has 1 aromatic carbocycles. The summed E-state index contributed by atoms with van der Waals surface area (Å²) in [5, 5.41) is 0.399. The van der Waals surface area contributed by atoms with E-state index in [-0.39, 0.29) is 5.82 Å². The first kappa shape index (κ1) is 11.7. The summed E-state index contributed by atoms with van der Waals surface area (Å²) in [7, 11) is 0. The second-order valence-corrected chi connectivity index (χ2v) is 4.56. The van der Waals surface area contributed by atoms with Crippen LogP contribution in [-0.4, -0.2) is 13.2 Å². The molecule has 4 heteroatoms. The highest BCUT2D eigenvalue weighted by molar-refractivity contribution is 6.31. The number of halogens is 2. The van der Waals surface area contributed by atoms with E-state index in [1.807, 2.05) is 0 Å². The Hall–Kier alpha value is -0.800. The number of ether oxygens (including phenoxy) is 1. The number of hydrogen-bond donors (Lipinski definition) is 1. The van der Waals surface area contributed by atoms with E-state index in [0.717, 1.165) is 5.56 Å². The van der Waals surface area contributed by atoms with Crippen molar-refractivity contribution in [3.8, 4) is 5.75 Å². The van der Waals surface area contributed by atoms with Gasteiger partial charge in [0.15, 0.2) is 0 Å². The summed E-state index contributed by atoms with van der Waals surface area (Å²) < 4.78 is 18.8. The predicted molar refractivity (Wildman–Crippen MR) is 62.4 cm³/mol. The first-order valence-corrected chi connectivity index (χ1v) is 5.89. The van der Waals surface area contributed by atoms with Crippen LogP contribution < -0.4 is 10.5 Å². The minimum Gasteiger partial charge on any atom is -0.493 e. The smallest absolute Gasteiger partial charge is 0.128 e. The molecule has 1 aliphatic rings. The molecule has 1 saturated carbocycles. The lowest BCUT2D eigenvalue weighted by molar-refractivity contribution is 0.295. The SMILES string of the molecule is NCCc1c(Cl)cc(F)cc1OCC1CC1. The van der Waals surface area contributed by atoms with Crippen molar-refractivity contribution in [1.82, 2.24) is 0 Å². The zero-order valence-electron chi connectivity index (χ0n) is 9.01. The fourth-order valence-electron chi connectivity index (χ4n) is 1.59. The van der Waals surface area contributed by atoms with Crippen LogP contribution in [0.4, 0.5) is 4.39 Å². The van der Waals surface area contributed by atoms with Crippen LogP contribution in [0.25, 0.3) is 0 Å². The van der Waals surface area contributed by atoms with E-state index in [2.05, 4.69) is 0 Å². The minimum atomic E-state index is -0.364. The maximum atomic E-state index is 13.2. The summed E-state index contributed by atoms with van der Waals surface area (Å²) in [6, 6.07) is 2.69. The number of nitrogens with two attached hydrogens (primary N) is 1. The fourth-order valence-corrected chi connectivity index (χ4v) is 1.88. The Bertz CT molecular complexity index is 380. The van der Waals surface area contributed by atoms with Gasteiger partial charge in [0.05, 0.1) is 11.6 Å². The number of hydrogen-bond acceptors (Lipinski definition) is 2. The molecule has 2 rings (SSSR count). The average Bonchev–Trinajstić information content (AvgIpc) is 3.03. The van der Waals surface area contributed by atoms with Crippen LogP contribution in [0, 0.1) is 11.7 Å². The van der Waals surface area contributed by atoms with E-state index in [0.29, 0.717) is 36.3 Å². The molecule has 0 bridgehead atoms. The third-order valence-electron chi connectivity index (χ3n) is 2.69. The van der Waals surface area contributed by atoms with E-state index in [9.17, 15) is 4.39 Å². The van der Waals surface area contributed by atoms with Gasteiger partial charge in [-0.05, 0) is 37.8 Å². The highest BCUT2D eigenvalue weighted by Gasteiger charge is 2.22. The molecule has 0 saturated heterocycles. The molecular formula is C12H15ClFNO. The summed E-state index contributed by atoms with van der Waals surface area (Å²) in [6.07, 6.45) is 3.02. The lowest BCUT2D eigenvalue weighted by Crippen LogP contribution is -2.08. The Balaban J connectivity index is 2.16. The molecule has 0 amide bonds. The van der Waals surface area contributed by atoms with Gasteiger partial charge in [0.2, 0.25) is 0 Å². The molecule has 2 nitrogen and oxygen atoms in total. The predicted octanol–water partition coefficient (Wildman–Crippen LogP) is 2.77. The van der Waals surface area contributed by atoms with Gasteiger partial charge in [-0.1, -0.05) is 11.6 Å². The average molecular weight is 244 g/mol. The Morgan fingerprint density at radius 1 is 1.44 bits per heavy atom. The van der Waals surface area contributed by atoms with Crippen LogP contribution in [0.1, 0.15) is 18.4 Å². The van der Waals surface area contributed by atoms with E-state index in [4.69, 9.17) is 22.1 Å². The summed E-state index contributed by atoms with van der Waals surface area (Å²) in [5.74, 6) is 0.812. The standard InChI is InChI=1S/C12H15ClFNO/c13-11-5-9(14)6-12(10(11)3-4-15)16-7-8-1-2-8/h5-6,8H,1-4,7,15H2. The van der Waals surface area contributed by atoms with Crippen LogP contribution in [0.15, 0.2) is 12.1 Å². The van der Waals surface area contributed by atoms with Crippen molar-refractivity contribution in [3.63, 3.8) is 0 Å². The van der Waals surface area contributed by atoms with Crippen LogP contribution >= 0.6 is 11.6 Å². The van der Waals surface area contributed by atoms with Crippen molar-refractivity contribution in [2.24, 2.45) is 11.7 Å². The summed E-state index contributed by atoms with van der Waals surface area (Å²) in [6.45, 7) is 1.13. The van der Waals surface area contributed by atoms with Crippen molar-refractivity contribution < 1.29 is 9.13 Å². The van der Waals surface area contributed by atoms with Gasteiger partial charge in [-0.15, -0.1) is 0 Å². The van der Waals surface area contributed by atoms with Crippen molar-refractivity contribution in [3.05, 3.63) is 28.5 Å². The zero-order valence-corrected chi connectivity index (χ0v) is 9.77. The van der Waals surface area contributed by atoms with Crippen molar-refractivity contribution in [2.45, 2.75) is 19.3 Å². The highest BCUT2D eigenvalue weighted by Crippen LogP contribution is 2.33. The molecule has 0 radical (unpaired) electrons. The molecule has 1 aliphatic carbocycles. The maximum absolute atomic E-state index is 13.2. The molecule has 0 aliphatic heterocycles. The van der Waals surface area contributed by atoms with Gasteiger partial charge >= 0.3 is 0 Å². The Morgan fingerprint density at radius 2 is 2.19 bits per heavy atom. The van der Waals surface area contributed by atoms with E-state index >= 15 is 0 Å². The number of benzene rings is 1. The molecule has 0 unspecified atom stereocenters. The maximum Gasteiger partial charge on any atom is 0.128 e. The van der Waals surface area contributed by atoms with E-state index in [1.54, 1.807) is 0 Å². The van der Waals surface area contributed by atoms with Crippen molar-refractivity contribution >= 4 is 11.6 Å². The third kappa shape index (κ3) is 2.86. The fraction of sp³-hybridized carbons (Fsp3) is 0.500. The third-order valence-corrected chi connectivity index (χ3v) is 3.02. The van der Waals surface area contributed by atoms with Gasteiger partial charge in [-0.25, -0.2) is 4.39 Å². The highest BCUT2D eigenvalue weighted by atomic mass is 35.5. The summed E-state index contributed by atoms with van der Waals surface area (Å²) >= 11 is 5.97. The number of rotatable bonds is 5. The monoisotopic (exact) mass is 243 g/mol. The Labute approximate surface area is 99.5 Å². The van der Waals surface area contributed by atoms with E-state index in [1.165, 1.54) is 25.0 Å². The molecule has 1 aromatic rings. The molecule has 0 atom stereocenters. The van der Waals surface area contributed by atoms with E-state index < -0.39 is 0 Å². The van der Waals surface area contributed by atoms with Gasteiger partial charge in [0.1, 0.15) is 11.6 Å². The molecule has 0 aromatic heterocycles. The van der Waals surface area contributed by atoms with Gasteiger partial charge < -0.3 is 10.5 Å². The lowest BCUT2D eigenvalue weighted by Gasteiger charge is -2.12. The molecule has 2 N–H and O–H groups in total. The minimum absolute atomic E-state index is 0.364. The van der Waals surface area contributed by atoms with Gasteiger partial charge in [-0.2, -0.15) is 0 Å². The van der Waals surface area contributed by atoms with Crippen LogP contribution in [-0.2, 0) is 6.42 Å². The lowest BCUT2D eigenvalue weighted by atomic mass is 10.1. The normalized spacial score (nSPS) is 15.2. The summed E-state index contributed by atoms with van der Waals surface area (Å²) in [5.41, 5.74) is 6.31. The van der Waals surface area contributed by atoms with Crippen LogP contribution in [0.2, 0.25) is 5.02 Å². The topological polar surface area (TPSA) is 35.2 Å². The first-order valence-electron chi connectivity index (χ1n) is 5.51. The van der Waals surface area contributed by atoms with Gasteiger partial charge in [0.25, 0.3) is 0 Å². The second kappa shape index (κ2) is 5.02. The molecule has 16 heavy (non-hydrogen) atoms. The second-order valence-electron chi connectivity index (χ2n) is 4.16. The zero-order chi connectivity index (χ0) is 11.5. The molecule has 0 spiro atoms. The largest absolute Gasteiger partial charge is 0.493 e. The molecule has 88 valence electrons. The molecule has 0 heterocycles. The van der Waals surface area contributed by atoms with Crippen LogP contribution in [0.5, 0.6) is 5.75 Å². The van der Waals surface area contributed by atoms with Gasteiger partial charge in [0, 0.05) is 11.6 Å². The quantitative estimate of drug-likeness (QED) is 0.863. The van der Waals surface area contributed by atoms with Crippen molar-refractivity contribution in [1.29, 1.82) is 0 Å². The molecular weight excluding hydrogens is 229 g/mol. The first-order chi connectivity index (χ1) is 7.70. The van der Waals surface area contributed by atoms with Gasteiger partial charge in [-0.3, -0.25) is 0 Å². The van der Waals surface area contributed by atoms with Crippen LogP contribution in [0.3, 0.4) is 0 Å². The summed E-state index contributed by atoms with van der Waals surface area (Å²) in [4.78, 5) is 0.